The molecule has 0 atom stereocenters. The number of hydrogen-bond donors (Lipinski definition) is 2. The van der Waals surface area contributed by atoms with Crippen molar-refractivity contribution in [1.29, 1.82) is 0 Å². The van der Waals surface area contributed by atoms with E-state index < -0.39 is 5.91 Å². The lowest BCUT2D eigenvalue weighted by atomic mass is 9.96. The van der Waals surface area contributed by atoms with Crippen LogP contribution in [0.1, 0.15) is 37.0 Å². The topological polar surface area (TPSA) is 98.0 Å². The van der Waals surface area contributed by atoms with Crippen LogP contribution in [0.2, 0.25) is 0 Å². The number of hydrogen-bond acceptors (Lipinski definition) is 5. The van der Waals surface area contributed by atoms with E-state index in [2.05, 4.69) is 15.3 Å². The van der Waals surface area contributed by atoms with Gasteiger partial charge in [-0.25, -0.2) is 4.98 Å². The fraction of sp³-hybridized carbons (Fsp3) is 0.158. The van der Waals surface area contributed by atoms with Crippen LogP contribution in [0.5, 0.6) is 0 Å². The largest absolute Gasteiger partial charge is 0.366 e. The van der Waals surface area contributed by atoms with Gasteiger partial charge in [-0.1, -0.05) is 6.07 Å². The van der Waals surface area contributed by atoms with Crippen LogP contribution in [0, 0.1) is 13.8 Å². The van der Waals surface area contributed by atoms with E-state index in [1.165, 1.54) is 11.3 Å². The molecule has 0 aliphatic carbocycles. The molecule has 0 unspecified atom stereocenters. The maximum absolute atomic E-state index is 12.7. The second-order valence-corrected chi connectivity index (χ2v) is 6.78. The van der Waals surface area contributed by atoms with E-state index in [0.29, 0.717) is 34.5 Å². The molecule has 26 heavy (non-hydrogen) atoms. The number of aryl methyl sites for hydroxylation is 1. The molecule has 3 aromatic rings. The van der Waals surface area contributed by atoms with Gasteiger partial charge in [-0.2, -0.15) is 0 Å². The summed E-state index contributed by atoms with van der Waals surface area (Å²) < 4.78 is 0. The van der Waals surface area contributed by atoms with Gasteiger partial charge in [0.1, 0.15) is 5.01 Å². The van der Waals surface area contributed by atoms with Crippen molar-refractivity contribution in [3.8, 4) is 11.3 Å². The molecule has 3 rings (SSSR count). The highest BCUT2D eigenvalue weighted by molar-refractivity contribution is 7.09. The number of pyridine rings is 1. The first-order valence-corrected chi connectivity index (χ1v) is 8.88. The van der Waals surface area contributed by atoms with E-state index in [9.17, 15) is 9.59 Å². The van der Waals surface area contributed by atoms with Crippen LogP contribution in [0.15, 0.2) is 41.9 Å². The third-order valence-corrected chi connectivity index (χ3v) is 4.91. The Labute approximate surface area is 155 Å². The summed E-state index contributed by atoms with van der Waals surface area (Å²) in [6, 6.07) is 8.86. The van der Waals surface area contributed by atoms with Crippen molar-refractivity contribution in [2.24, 2.45) is 5.73 Å². The first-order chi connectivity index (χ1) is 12.5. The smallest absolute Gasteiger partial charge is 0.251 e. The minimum Gasteiger partial charge on any atom is -0.366 e. The number of nitrogens with zero attached hydrogens (tertiary/aromatic N) is 2. The van der Waals surface area contributed by atoms with Crippen molar-refractivity contribution < 1.29 is 9.59 Å². The predicted molar refractivity (Wildman–Crippen MR) is 101 cm³/mol. The van der Waals surface area contributed by atoms with Crippen molar-refractivity contribution in [1.82, 2.24) is 15.3 Å². The number of aromatic nitrogens is 2. The SMILES string of the molecule is Cc1csc(CNC(=O)c2cc(-c3ccccn3)cc(C(N)=O)c2C)n1. The molecule has 0 fully saturated rings. The van der Waals surface area contributed by atoms with Gasteiger partial charge in [0.15, 0.2) is 0 Å². The fourth-order valence-electron chi connectivity index (χ4n) is 2.62. The number of carbonyl (C=O) groups is 2. The lowest BCUT2D eigenvalue weighted by molar-refractivity contribution is 0.0950. The molecule has 7 heteroatoms. The summed E-state index contributed by atoms with van der Waals surface area (Å²) in [7, 11) is 0. The Hall–Kier alpha value is -3.06. The molecule has 0 aliphatic rings. The first kappa shape index (κ1) is 17.8. The van der Waals surface area contributed by atoms with Gasteiger partial charge in [0.2, 0.25) is 5.91 Å². The molecule has 132 valence electrons. The van der Waals surface area contributed by atoms with Gasteiger partial charge in [0.05, 0.1) is 12.2 Å². The second kappa shape index (κ2) is 7.45. The maximum Gasteiger partial charge on any atom is 0.251 e. The lowest BCUT2D eigenvalue weighted by Gasteiger charge is -2.12. The van der Waals surface area contributed by atoms with Crippen molar-refractivity contribution in [3.05, 3.63) is 69.3 Å². The number of benzene rings is 1. The van der Waals surface area contributed by atoms with Gasteiger partial charge >= 0.3 is 0 Å². The molecular weight excluding hydrogens is 348 g/mol. The van der Waals surface area contributed by atoms with Gasteiger partial charge in [-0.15, -0.1) is 11.3 Å². The van der Waals surface area contributed by atoms with Crippen LogP contribution in [-0.2, 0) is 6.54 Å². The summed E-state index contributed by atoms with van der Waals surface area (Å²) in [5.74, 6) is -0.861. The van der Waals surface area contributed by atoms with Crippen molar-refractivity contribution >= 4 is 23.2 Å². The zero-order valence-electron chi connectivity index (χ0n) is 14.4. The average molecular weight is 366 g/mol. The molecule has 0 aliphatic heterocycles. The number of carbonyl (C=O) groups excluding carboxylic acids is 2. The fourth-order valence-corrected chi connectivity index (χ4v) is 3.33. The van der Waals surface area contributed by atoms with Crippen LogP contribution in [0.25, 0.3) is 11.3 Å². The molecule has 0 saturated carbocycles. The normalized spacial score (nSPS) is 10.5. The highest BCUT2D eigenvalue weighted by atomic mass is 32.1. The van der Waals surface area contributed by atoms with Crippen LogP contribution in [0.3, 0.4) is 0 Å². The summed E-state index contributed by atoms with van der Waals surface area (Å²) >= 11 is 1.49. The van der Waals surface area contributed by atoms with Crippen LogP contribution < -0.4 is 11.1 Å². The number of primary amides is 1. The van der Waals surface area contributed by atoms with E-state index in [1.807, 2.05) is 24.4 Å². The predicted octanol–water partition coefficient (Wildman–Crippen LogP) is 2.85. The standard InChI is InChI=1S/C19H18N4O2S/c1-11-10-26-17(23-11)9-22-19(25)15-8-13(16-5-3-4-6-21-16)7-14(12(15)2)18(20)24/h3-8,10H,9H2,1-2H3,(H2,20,24)(H,22,25). The third kappa shape index (κ3) is 3.78. The molecular formula is C19H18N4O2S. The summed E-state index contributed by atoms with van der Waals surface area (Å²) in [6.45, 7) is 3.95. The minimum absolute atomic E-state index is 0.282. The Morgan fingerprint density at radius 3 is 2.58 bits per heavy atom. The van der Waals surface area contributed by atoms with Crippen molar-refractivity contribution in [2.75, 3.05) is 0 Å². The number of nitrogens with two attached hydrogens (primary N) is 1. The van der Waals surface area contributed by atoms with Gasteiger partial charge in [0.25, 0.3) is 5.91 Å². The summed E-state index contributed by atoms with van der Waals surface area (Å²) in [5.41, 5.74) is 9.01. The minimum atomic E-state index is -0.579. The van der Waals surface area contributed by atoms with Crippen LogP contribution in [0.4, 0.5) is 0 Å². The highest BCUT2D eigenvalue weighted by Crippen LogP contribution is 2.24. The zero-order valence-corrected chi connectivity index (χ0v) is 15.3. The van der Waals surface area contributed by atoms with Crippen molar-refractivity contribution in [3.63, 3.8) is 0 Å². The molecule has 0 saturated heterocycles. The van der Waals surface area contributed by atoms with Crippen LogP contribution in [-0.4, -0.2) is 21.8 Å². The van der Waals surface area contributed by atoms with Gasteiger partial charge in [-0.3, -0.25) is 14.6 Å². The number of amides is 2. The molecule has 2 aromatic heterocycles. The van der Waals surface area contributed by atoms with E-state index in [0.717, 1.165) is 10.7 Å². The summed E-state index contributed by atoms with van der Waals surface area (Å²) in [4.78, 5) is 33.1. The first-order valence-electron chi connectivity index (χ1n) is 8.00. The Morgan fingerprint density at radius 1 is 1.19 bits per heavy atom. The molecule has 2 amide bonds. The van der Waals surface area contributed by atoms with E-state index in [4.69, 9.17) is 5.73 Å². The van der Waals surface area contributed by atoms with Gasteiger partial charge < -0.3 is 11.1 Å². The Kier molecular flexibility index (Phi) is 5.09. The van der Waals surface area contributed by atoms with E-state index in [1.54, 1.807) is 31.3 Å². The Morgan fingerprint density at radius 2 is 1.96 bits per heavy atom. The third-order valence-electron chi connectivity index (χ3n) is 3.95. The molecule has 0 radical (unpaired) electrons. The highest BCUT2D eigenvalue weighted by Gasteiger charge is 2.18. The summed E-state index contributed by atoms with van der Waals surface area (Å²) in [5, 5.41) is 5.60. The number of rotatable bonds is 5. The number of nitrogens with one attached hydrogen (secondary N) is 1. The average Bonchev–Trinajstić information content (AvgIpc) is 3.05. The zero-order chi connectivity index (χ0) is 18.7. The van der Waals surface area contributed by atoms with Crippen LogP contribution >= 0.6 is 11.3 Å². The van der Waals surface area contributed by atoms with E-state index in [-0.39, 0.29) is 5.91 Å². The van der Waals surface area contributed by atoms with Gasteiger partial charge in [-0.05, 0) is 43.7 Å². The van der Waals surface area contributed by atoms with E-state index >= 15 is 0 Å². The molecule has 1 aromatic carbocycles. The molecule has 0 spiro atoms. The molecule has 0 bridgehead atoms. The molecule has 2 heterocycles. The summed E-state index contributed by atoms with van der Waals surface area (Å²) in [6.07, 6.45) is 1.66. The molecule has 3 N–H and O–H groups in total. The molecule has 6 nitrogen and oxygen atoms in total. The maximum atomic E-state index is 12.7. The number of thiazole rings is 1. The Bertz CT molecular complexity index is 967. The lowest BCUT2D eigenvalue weighted by Crippen LogP contribution is -2.25. The van der Waals surface area contributed by atoms with Gasteiger partial charge in [0, 0.05) is 34.0 Å². The quantitative estimate of drug-likeness (QED) is 0.725. The monoisotopic (exact) mass is 366 g/mol. The van der Waals surface area contributed by atoms with Crippen molar-refractivity contribution in [2.45, 2.75) is 20.4 Å². The Balaban J connectivity index is 1.95. The second-order valence-electron chi connectivity index (χ2n) is 5.84.